The lowest BCUT2D eigenvalue weighted by molar-refractivity contribution is -0.0362. The molecule has 2 aromatic rings. The van der Waals surface area contributed by atoms with Gasteiger partial charge in [-0.3, -0.25) is 4.90 Å². The maximum absolute atomic E-state index is 5.95. The number of hydrogen-bond acceptors (Lipinski definition) is 6. The molecule has 0 spiro atoms. The third-order valence-electron chi connectivity index (χ3n) is 4.55. The van der Waals surface area contributed by atoms with Crippen LogP contribution in [-0.2, 0) is 11.2 Å². The fourth-order valence-electron chi connectivity index (χ4n) is 3.31. The first kappa shape index (κ1) is 13.4. The Morgan fingerprint density at radius 2 is 2.29 bits per heavy atom. The number of aromatic nitrogens is 2. The number of anilines is 1. The molecule has 0 saturated carbocycles. The van der Waals surface area contributed by atoms with Crippen LogP contribution in [0.2, 0.25) is 0 Å². The fourth-order valence-corrected chi connectivity index (χ4v) is 4.09. The topological polar surface area (TPSA) is 41.5 Å². The van der Waals surface area contributed by atoms with Gasteiger partial charge in [-0.25, -0.2) is 9.97 Å². The number of fused-ring (bicyclic) bond motifs is 2. The van der Waals surface area contributed by atoms with Crippen molar-refractivity contribution in [2.75, 3.05) is 38.2 Å². The Bertz CT molecular complexity index is 658. The van der Waals surface area contributed by atoms with Gasteiger partial charge in [0.05, 0.1) is 24.1 Å². The number of morpholine rings is 1. The van der Waals surface area contributed by atoms with Crippen LogP contribution < -0.4 is 4.90 Å². The molecule has 2 aromatic heterocycles. The number of ether oxygens (including phenoxy) is 1. The van der Waals surface area contributed by atoms with Gasteiger partial charge in [0.2, 0.25) is 0 Å². The molecule has 0 bridgehead atoms. The minimum atomic E-state index is 0.303. The van der Waals surface area contributed by atoms with E-state index in [1.807, 2.05) is 0 Å². The fraction of sp³-hybridized carbons (Fsp3) is 0.600. The highest BCUT2D eigenvalue weighted by atomic mass is 32.1. The number of hydrogen-bond donors (Lipinski definition) is 0. The molecular weight excluding hydrogens is 284 g/mol. The minimum absolute atomic E-state index is 0.303. The van der Waals surface area contributed by atoms with Crippen molar-refractivity contribution >= 4 is 27.4 Å². The van der Waals surface area contributed by atoms with Gasteiger partial charge in [0.1, 0.15) is 16.5 Å². The van der Waals surface area contributed by atoms with Crippen LogP contribution in [0, 0.1) is 0 Å². The van der Waals surface area contributed by atoms with Gasteiger partial charge in [0, 0.05) is 26.1 Å². The third-order valence-corrected chi connectivity index (χ3v) is 5.35. The van der Waals surface area contributed by atoms with E-state index in [9.17, 15) is 0 Å². The van der Waals surface area contributed by atoms with Crippen molar-refractivity contribution in [3.63, 3.8) is 0 Å². The lowest BCUT2D eigenvalue weighted by Gasteiger charge is -2.33. The zero-order valence-electron chi connectivity index (χ0n) is 12.5. The van der Waals surface area contributed by atoms with Crippen LogP contribution in [0.5, 0.6) is 0 Å². The Balaban J connectivity index is 1.72. The number of thiophene rings is 1. The maximum atomic E-state index is 5.95. The highest BCUT2D eigenvalue weighted by Crippen LogP contribution is 2.32. The van der Waals surface area contributed by atoms with Gasteiger partial charge in [-0.2, -0.15) is 0 Å². The molecule has 2 fully saturated rings. The largest absolute Gasteiger partial charge is 0.373 e. The average molecular weight is 304 g/mol. The summed E-state index contributed by atoms with van der Waals surface area (Å²) in [6.45, 7) is 5.89. The van der Waals surface area contributed by atoms with Crippen molar-refractivity contribution in [1.29, 1.82) is 0 Å². The van der Waals surface area contributed by atoms with Crippen molar-refractivity contribution in [3.05, 3.63) is 17.3 Å². The summed E-state index contributed by atoms with van der Waals surface area (Å²) in [6, 6.07) is 2.62. The lowest BCUT2D eigenvalue weighted by atomic mass is 10.1. The number of rotatable bonds is 2. The zero-order valence-corrected chi connectivity index (χ0v) is 13.3. The van der Waals surface area contributed by atoms with Crippen LogP contribution >= 0.6 is 11.3 Å². The van der Waals surface area contributed by atoms with E-state index in [2.05, 4.69) is 40.2 Å². The summed E-state index contributed by atoms with van der Waals surface area (Å²) < 4.78 is 5.95. The van der Waals surface area contributed by atoms with Crippen molar-refractivity contribution in [2.24, 2.45) is 0 Å². The second-order valence-electron chi connectivity index (χ2n) is 5.82. The molecule has 5 nitrogen and oxygen atoms in total. The molecule has 2 saturated heterocycles. The van der Waals surface area contributed by atoms with E-state index in [1.54, 1.807) is 11.3 Å². The molecule has 21 heavy (non-hydrogen) atoms. The van der Waals surface area contributed by atoms with Gasteiger partial charge in [0.25, 0.3) is 0 Å². The van der Waals surface area contributed by atoms with E-state index < -0.39 is 0 Å². The van der Waals surface area contributed by atoms with Crippen LogP contribution in [0.4, 0.5) is 5.82 Å². The van der Waals surface area contributed by atoms with Gasteiger partial charge in [-0.05, 0) is 18.5 Å². The number of likely N-dealkylation sites (N-methyl/N-ethyl adjacent to an activating group) is 1. The summed E-state index contributed by atoms with van der Waals surface area (Å²) >= 11 is 1.70. The van der Waals surface area contributed by atoms with E-state index in [-0.39, 0.29) is 0 Å². The smallest absolute Gasteiger partial charge is 0.141 e. The van der Waals surface area contributed by atoms with E-state index in [4.69, 9.17) is 9.72 Å². The van der Waals surface area contributed by atoms with Crippen LogP contribution in [-0.4, -0.2) is 60.3 Å². The molecule has 112 valence electrons. The summed E-state index contributed by atoms with van der Waals surface area (Å²) in [4.78, 5) is 15.3. The number of aryl methyl sites for hydroxylation is 1. The molecule has 0 amide bonds. The first-order chi connectivity index (χ1) is 10.3. The molecule has 0 aliphatic carbocycles. The summed E-state index contributed by atoms with van der Waals surface area (Å²) in [7, 11) is 2.20. The van der Waals surface area contributed by atoms with Gasteiger partial charge in [-0.1, -0.05) is 6.92 Å². The second kappa shape index (κ2) is 5.19. The predicted octanol–water partition coefficient (Wildman–Crippen LogP) is 1.77. The van der Waals surface area contributed by atoms with Crippen LogP contribution in [0.15, 0.2) is 11.4 Å². The quantitative estimate of drug-likeness (QED) is 0.846. The Labute approximate surface area is 128 Å². The molecule has 2 atom stereocenters. The van der Waals surface area contributed by atoms with E-state index in [0.29, 0.717) is 12.1 Å². The van der Waals surface area contributed by atoms with Gasteiger partial charge >= 0.3 is 0 Å². The van der Waals surface area contributed by atoms with Gasteiger partial charge in [0.15, 0.2) is 0 Å². The van der Waals surface area contributed by atoms with Crippen molar-refractivity contribution in [1.82, 2.24) is 14.9 Å². The molecule has 2 unspecified atom stereocenters. The standard InChI is InChI=1S/C15H20N4OS/c1-3-13-16-14(10-4-7-21-15(10)17-13)19-8-11-12(9-19)20-6-5-18(11)2/h4,7,11-12H,3,5-6,8-9H2,1-2H3. The Hall–Kier alpha value is -1.24. The van der Waals surface area contributed by atoms with E-state index >= 15 is 0 Å². The highest BCUT2D eigenvalue weighted by Gasteiger charge is 2.39. The second-order valence-corrected chi connectivity index (χ2v) is 6.71. The van der Waals surface area contributed by atoms with Gasteiger partial charge in [-0.15, -0.1) is 11.3 Å². The zero-order chi connectivity index (χ0) is 14.4. The first-order valence-corrected chi connectivity index (χ1v) is 8.45. The van der Waals surface area contributed by atoms with Crippen LogP contribution in [0.1, 0.15) is 12.7 Å². The first-order valence-electron chi connectivity index (χ1n) is 7.57. The van der Waals surface area contributed by atoms with Crippen LogP contribution in [0.25, 0.3) is 10.2 Å². The highest BCUT2D eigenvalue weighted by molar-refractivity contribution is 7.16. The van der Waals surface area contributed by atoms with E-state index in [1.165, 1.54) is 5.39 Å². The summed E-state index contributed by atoms with van der Waals surface area (Å²) in [5.74, 6) is 2.02. The summed E-state index contributed by atoms with van der Waals surface area (Å²) in [6.07, 6.45) is 1.18. The molecule has 2 aliphatic rings. The Morgan fingerprint density at radius 3 is 3.10 bits per heavy atom. The SMILES string of the molecule is CCc1nc(N2CC3OCCN(C)C3C2)c2ccsc2n1. The summed E-state index contributed by atoms with van der Waals surface area (Å²) in [5.41, 5.74) is 0. The number of nitrogens with zero attached hydrogens (tertiary/aromatic N) is 4. The molecule has 2 aliphatic heterocycles. The Kier molecular flexibility index (Phi) is 3.32. The normalized spacial score (nSPS) is 26.5. The Morgan fingerprint density at radius 1 is 1.38 bits per heavy atom. The maximum Gasteiger partial charge on any atom is 0.141 e. The molecule has 4 rings (SSSR count). The summed E-state index contributed by atoms with van der Waals surface area (Å²) in [5, 5.41) is 3.28. The monoisotopic (exact) mass is 304 g/mol. The van der Waals surface area contributed by atoms with Gasteiger partial charge < -0.3 is 9.64 Å². The molecule has 4 heterocycles. The molecular formula is C15H20N4OS. The van der Waals surface area contributed by atoms with Crippen LogP contribution in [0.3, 0.4) is 0 Å². The molecule has 0 N–H and O–H groups in total. The minimum Gasteiger partial charge on any atom is -0.373 e. The lowest BCUT2D eigenvalue weighted by Crippen LogP contribution is -2.48. The predicted molar refractivity (Wildman–Crippen MR) is 85.2 cm³/mol. The van der Waals surface area contributed by atoms with Crippen molar-refractivity contribution < 1.29 is 4.74 Å². The molecule has 0 radical (unpaired) electrons. The van der Waals surface area contributed by atoms with Crippen molar-refractivity contribution in [2.45, 2.75) is 25.5 Å². The third kappa shape index (κ3) is 2.22. The molecule has 0 aromatic carbocycles. The average Bonchev–Trinajstić information content (AvgIpc) is 3.13. The van der Waals surface area contributed by atoms with E-state index in [0.717, 1.165) is 49.1 Å². The molecule has 6 heteroatoms. The van der Waals surface area contributed by atoms with Crippen molar-refractivity contribution in [3.8, 4) is 0 Å².